The molecule has 0 fully saturated rings. The average Bonchev–Trinajstić information content (AvgIpc) is 2.76. The Balaban J connectivity index is 1.93. The number of benzene rings is 1. The standard InChI is InChI=1S/C13H13BrClNO/c14-11-8-10(5-6-12(11)15)16-13(17)7-9-3-1-2-4-9/h1,3,5-6,8-9H,2,4,7H2,(H,16,17). The van der Waals surface area contributed by atoms with Crippen LogP contribution in [0.4, 0.5) is 5.69 Å². The number of allylic oxidation sites excluding steroid dienone is 2. The Kier molecular flexibility index (Phi) is 4.24. The predicted molar refractivity (Wildman–Crippen MR) is 74.3 cm³/mol. The van der Waals surface area contributed by atoms with Crippen molar-refractivity contribution in [3.63, 3.8) is 0 Å². The van der Waals surface area contributed by atoms with Crippen LogP contribution in [0.15, 0.2) is 34.8 Å². The molecule has 0 saturated heterocycles. The molecular formula is C13H13BrClNO. The second-order valence-corrected chi connectivity index (χ2v) is 5.41. The van der Waals surface area contributed by atoms with E-state index in [1.54, 1.807) is 12.1 Å². The topological polar surface area (TPSA) is 29.1 Å². The van der Waals surface area contributed by atoms with Crippen molar-refractivity contribution in [2.75, 3.05) is 5.32 Å². The molecule has 1 unspecified atom stereocenters. The van der Waals surface area contributed by atoms with Gasteiger partial charge in [0.1, 0.15) is 0 Å². The molecule has 0 bridgehead atoms. The van der Waals surface area contributed by atoms with Gasteiger partial charge in [-0.3, -0.25) is 4.79 Å². The first-order valence-electron chi connectivity index (χ1n) is 5.57. The largest absolute Gasteiger partial charge is 0.326 e. The quantitative estimate of drug-likeness (QED) is 0.823. The lowest BCUT2D eigenvalue weighted by molar-refractivity contribution is -0.116. The number of hydrogen-bond acceptors (Lipinski definition) is 1. The highest BCUT2D eigenvalue weighted by molar-refractivity contribution is 9.10. The third-order valence-corrected chi connectivity index (χ3v) is 3.98. The van der Waals surface area contributed by atoms with Gasteiger partial charge in [-0.1, -0.05) is 23.8 Å². The second-order valence-electron chi connectivity index (χ2n) is 4.15. The first kappa shape index (κ1) is 12.7. The minimum absolute atomic E-state index is 0.0516. The molecule has 1 aromatic carbocycles. The zero-order chi connectivity index (χ0) is 12.3. The summed E-state index contributed by atoms with van der Waals surface area (Å²) in [5, 5.41) is 3.52. The maximum atomic E-state index is 11.8. The molecule has 4 heteroatoms. The van der Waals surface area contributed by atoms with Crippen molar-refractivity contribution in [1.29, 1.82) is 0 Å². The van der Waals surface area contributed by atoms with Crippen molar-refractivity contribution >= 4 is 39.1 Å². The van der Waals surface area contributed by atoms with Crippen molar-refractivity contribution in [1.82, 2.24) is 0 Å². The van der Waals surface area contributed by atoms with Gasteiger partial charge in [0, 0.05) is 16.6 Å². The van der Waals surface area contributed by atoms with Crippen molar-refractivity contribution in [3.8, 4) is 0 Å². The Morgan fingerprint density at radius 1 is 1.53 bits per heavy atom. The Morgan fingerprint density at radius 2 is 2.35 bits per heavy atom. The van der Waals surface area contributed by atoms with E-state index in [0.29, 0.717) is 17.4 Å². The molecule has 0 saturated carbocycles. The third-order valence-electron chi connectivity index (χ3n) is 2.76. The summed E-state index contributed by atoms with van der Waals surface area (Å²) in [5.74, 6) is 0.446. The van der Waals surface area contributed by atoms with Crippen LogP contribution in [0.3, 0.4) is 0 Å². The number of carbonyl (C=O) groups is 1. The van der Waals surface area contributed by atoms with Crippen LogP contribution >= 0.6 is 27.5 Å². The van der Waals surface area contributed by atoms with Crippen molar-refractivity contribution in [2.24, 2.45) is 5.92 Å². The van der Waals surface area contributed by atoms with Crippen LogP contribution in [0.2, 0.25) is 5.02 Å². The summed E-state index contributed by atoms with van der Waals surface area (Å²) in [4.78, 5) is 11.8. The van der Waals surface area contributed by atoms with E-state index in [1.807, 2.05) is 6.07 Å². The number of nitrogens with one attached hydrogen (secondary N) is 1. The molecule has 1 aliphatic carbocycles. The molecule has 17 heavy (non-hydrogen) atoms. The predicted octanol–water partition coefficient (Wildman–Crippen LogP) is 4.40. The van der Waals surface area contributed by atoms with Crippen LogP contribution in [0.5, 0.6) is 0 Å². The van der Waals surface area contributed by atoms with Crippen molar-refractivity contribution in [3.05, 3.63) is 39.8 Å². The summed E-state index contributed by atoms with van der Waals surface area (Å²) in [6.45, 7) is 0. The normalized spacial score (nSPS) is 18.4. The molecule has 0 spiro atoms. The Bertz CT molecular complexity index is 459. The van der Waals surface area contributed by atoms with Gasteiger partial charge in [0.2, 0.25) is 5.91 Å². The molecule has 90 valence electrons. The highest BCUT2D eigenvalue weighted by Gasteiger charge is 2.14. The van der Waals surface area contributed by atoms with Crippen LogP contribution in [0, 0.1) is 5.92 Å². The van der Waals surface area contributed by atoms with Gasteiger partial charge in [0.05, 0.1) is 5.02 Å². The van der Waals surface area contributed by atoms with Gasteiger partial charge in [-0.15, -0.1) is 0 Å². The summed E-state index contributed by atoms with van der Waals surface area (Å²) >= 11 is 9.22. The maximum Gasteiger partial charge on any atom is 0.224 e. The summed E-state index contributed by atoms with van der Waals surface area (Å²) in [6, 6.07) is 5.37. The van der Waals surface area contributed by atoms with E-state index >= 15 is 0 Å². The van der Waals surface area contributed by atoms with Gasteiger partial charge in [-0.2, -0.15) is 0 Å². The van der Waals surface area contributed by atoms with Crippen LogP contribution in [-0.4, -0.2) is 5.91 Å². The van der Waals surface area contributed by atoms with E-state index in [9.17, 15) is 4.79 Å². The van der Waals surface area contributed by atoms with Crippen molar-refractivity contribution < 1.29 is 4.79 Å². The molecule has 1 aromatic rings. The van der Waals surface area contributed by atoms with E-state index in [0.717, 1.165) is 23.0 Å². The van der Waals surface area contributed by atoms with E-state index in [-0.39, 0.29) is 5.91 Å². The molecule has 0 radical (unpaired) electrons. The van der Waals surface area contributed by atoms with E-state index in [2.05, 4.69) is 33.4 Å². The van der Waals surface area contributed by atoms with Gasteiger partial charge < -0.3 is 5.32 Å². The molecule has 2 rings (SSSR count). The first-order chi connectivity index (χ1) is 8.15. The molecule has 1 atom stereocenters. The number of anilines is 1. The highest BCUT2D eigenvalue weighted by atomic mass is 79.9. The number of halogens is 2. The SMILES string of the molecule is O=C(CC1C=CCC1)Nc1ccc(Cl)c(Br)c1. The van der Waals surface area contributed by atoms with Crippen molar-refractivity contribution in [2.45, 2.75) is 19.3 Å². The number of amides is 1. The molecule has 1 amide bonds. The first-order valence-corrected chi connectivity index (χ1v) is 6.74. The molecule has 0 heterocycles. The molecule has 0 aliphatic heterocycles. The summed E-state index contributed by atoms with van der Waals surface area (Å²) in [5.41, 5.74) is 0.772. The maximum absolute atomic E-state index is 11.8. The Hall–Kier alpha value is -0.800. The lowest BCUT2D eigenvalue weighted by atomic mass is 10.1. The smallest absolute Gasteiger partial charge is 0.224 e. The minimum atomic E-state index is 0.0516. The minimum Gasteiger partial charge on any atom is -0.326 e. The van der Waals surface area contributed by atoms with Gasteiger partial charge in [-0.05, 0) is 52.9 Å². The monoisotopic (exact) mass is 313 g/mol. The van der Waals surface area contributed by atoms with Crippen LogP contribution in [-0.2, 0) is 4.79 Å². The Morgan fingerprint density at radius 3 is 3.00 bits per heavy atom. The fraction of sp³-hybridized carbons (Fsp3) is 0.308. The molecule has 0 aromatic heterocycles. The number of hydrogen-bond donors (Lipinski definition) is 1. The summed E-state index contributed by atoms with van der Waals surface area (Å²) in [7, 11) is 0. The van der Waals surface area contributed by atoms with E-state index < -0.39 is 0 Å². The summed E-state index contributed by atoms with van der Waals surface area (Å²) < 4.78 is 0.790. The van der Waals surface area contributed by atoms with Crippen LogP contribution in [0.1, 0.15) is 19.3 Å². The average molecular weight is 315 g/mol. The van der Waals surface area contributed by atoms with Gasteiger partial charge in [0.15, 0.2) is 0 Å². The van der Waals surface area contributed by atoms with E-state index in [4.69, 9.17) is 11.6 Å². The fourth-order valence-corrected chi connectivity index (χ4v) is 2.39. The lowest BCUT2D eigenvalue weighted by Gasteiger charge is -2.09. The number of rotatable bonds is 3. The second kappa shape index (κ2) is 5.69. The lowest BCUT2D eigenvalue weighted by Crippen LogP contribution is -2.14. The Labute approximate surface area is 114 Å². The van der Waals surface area contributed by atoms with Gasteiger partial charge >= 0.3 is 0 Å². The van der Waals surface area contributed by atoms with Crippen LogP contribution in [0.25, 0.3) is 0 Å². The van der Waals surface area contributed by atoms with E-state index in [1.165, 1.54) is 0 Å². The molecule has 1 aliphatic rings. The molecular weight excluding hydrogens is 302 g/mol. The zero-order valence-corrected chi connectivity index (χ0v) is 11.6. The third kappa shape index (κ3) is 3.58. The number of carbonyl (C=O) groups excluding carboxylic acids is 1. The summed E-state index contributed by atoms with van der Waals surface area (Å²) in [6.07, 6.45) is 6.98. The molecule has 2 nitrogen and oxygen atoms in total. The fourth-order valence-electron chi connectivity index (χ4n) is 1.89. The highest BCUT2D eigenvalue weighted by Crippen LogP contribution is 2.26. The van der Waals surface area contributed by atoms with Crippen LogP contribution < -0.4 is 5.32 Å². The van der Waals surface area contributed by atoms with Gasteiger partial charge in [0.25, 0.3) is 0 Å². The van der Waals surface area contributed by atoms with Gasteiger partial charge in [-0.25, -0.2) is 0 Å². The molecule has 1 N–H and O–H groups in total. The zero-order valence-electron chi connectivity index (χ0n) is 9.25.